The largest absolute Gasteiger partial charge is 0.469 e. The van der Waals surface area contributed by atoms with Gasteiger partial charge in [-0.25, -0.2) is 4.79 Å². The Kier molecular flexibility index (Phi) is 4.75. The van der Waals surface area contributed by atoms with Gasteiger partial charge in [0.05, 0.1) is 19.8 Å². The second kappa shape index (κ2) is 6.08. The van der Waals surface area contributed by atoms with Gasteiger partial charge in [-0.1, -0.05) is 6.08 Å². The summed E-state index contributed by atoms with van der Waals surface area (Å²) in [7, 11) is 4.53. The lowest BCUT2D eigenvalue weighted by Gasteiger charge is -2.22. The zero-order valence-corrected chi connectivity index (χ0v) is 10.3. The normalized spacial score (nSPS) is 18.6. The lowest BCUT2D eigenvalue weighted by molar-refractivity contribution is -0.141. The predicted octanol–water partition coefficient (Wildman–Crippen LogP) is 1.07. The smallest absolute Gasteiger partial charge is 0.335 e. The molecule has 1 unspecified atom stereocenters. The highest BCUT2D eigenvalue weighted by Crippen LogP contribution is 2.24. The molecule has 5 heteroatoms. The van der Waals surface area contributed by atoms with Crippen LogP contribution in [0.3, 0.4) is 0 Å². The number of hydrogen-bond donors (Lipinski definition) is 0. The minimum absolute atomic E-state index is 0.0993. The van der Waals surface area contributed by atoms with Crippen molar-refractivity contribution in [3.63, 3.8) is 0 Å². The van der Waals surface area contributed by atoms with E-state index in [0.29, 0.717) is 12.0 Å². The van der Waals surface area contributed by atoms with Gasteiger partial charge in [-0.15, -0.1) is 0 Å². The van der Waals surface area contributed by atoms with Gasteiger partial charge in [0.1, 0.15) is 0 Å². The first kappa shape index (κ1) is 13.3. The van der Waals surface area contributed by atoms with Crippen LogP contribution >= 0.6 is 0 Å². The molecule has 5 nitrogen and oxygen atoms in total. The van der Waals surface area contributed by atoms with Gasteiger partial charge < -0.3 is 14.4 Å². The molecule has 1 aliphatic rings. The lowest BCUT2D eigenvalue weighted by Crippen LogP contribution is -2.21. The maximum atomic E-state index is 11.6. The van der Waals surface area contributed by atoms with Gasteiger partial charge >= 0.3 is 11.9 Å². The molecule has 1 heterocycles. The number of methoxy groups -OCH3 is 2. The predicted molar refractivity (Wildman–Crippen MR) is 61.7 cm³/mol. The Morgan fingerprint density at radius 2 is 2.06 bits per heavy atom. The number of nitrogens with zero attached hydrogens (tertiary/aromatic N) is 1. The Labute approximate surface area is 101 Å². The minimum atomic E-state index is -0.365. The van der Waals surface area contributed by atoms with Gasteiger partial charge in [0, 0.05) is 25.6 Å². The highest BCUT2D eigenvalue weighted by atomic mass is 16.5. The van der Waals surface area contributed by atoms with E-state index in [-0.39, 0.29) is 24.3 Å². The molecule has 1 rings (SSSR count). The van der Waals surface area contributed by atoms with E-state index in [1.807, 2.05) is 19.3 Å². The summed E-state index contributed by atoms with van der Waals surface area (Å²) < 4.78 is 9.29. The van der Waals surface area contributed by atoms with Gasteiger partial charge in [0.2, 0.25) is 0 Å². The monoisotopic (exact) mass is 239 g/mol. The summed E-state index contributed by atoms with van der Waals surface area (Å²) in [5.41, 5.74) is 0.557. The van der Waals surface area contributed by atoms with Gasteiger partial charge in [0.25, 0.3) is 0 Å². The molecule has 0 aliphatic carbocycles. The van der Waals surface area contributed by atoms with Crippen LogP contribution in [0.15, 0.2) is 24.0 Å². The Morgan fingerprint density at radius 1 is 1.35 bits per heavy atom. The molecule has 0 N–H and O–H groups in total. The number of hydrogen-bond acceptors (Lipinski definition) is 5. The lowest BCUT2D eigenvalue weighted by atomic mass is 9.93. The van der Waals surface area contributed by atoms with E-state index >= 15 is 0 Å². The molecule has 0 saturated carbocycles. The van der Waals surface area contributed by atoms with E-state index in [4.69, 9.17) is 4.74 Å². The molecule has 0 saturated heterocycles. The van der Waals surface area contributed by atoms with Crippen LogP contribution < -0.4 is 0 Å². The summed E-state index contributed by atoms with van der Waals surface area (Å²) in [6, 6.07) is 0. The van der Waals surface area contributed by atoms with Crippen molar-refractivity contribution in [2.45, 2.75) is 12.8 Å². The quantitative estimate of drug-likeness (QED) is 0.687. The second-order valence-corrected chi connectivity index (χ2v) is 3.80. The molecule has 0 spiro atoms. The molecular formula is C12H17NO4. The third-order valence-corrected chi connectivity index (χ3v) is 2.60. The van der Waals surface area contributed by atoms with Crippen molar-refractivity contribution in [3.8, 4) is 0 Å². The van der Waals surface area contributed by atoms with Crippen LogP contribution in [0, 0.1) is 5.92 Å². The molecule has 17 heavy (non-hydrogen) atoms. The first-order valence-electron chi connectivity index (χ1n) is 5.35. The van der Waals surface area contributed by atoms with Crippen LogP contribution in [0.1, 0.15) is 12.8 Å². The average Bonchev–Trinajstić information content (AvgIpc) is 2.35. The van der Waals surface area contributed by atoms with Gasteiger partial charge in [-0.05, 0) is 12.6 Å². The van der Waals surface area contributed by atoms with E-state index in [0.717, 1.165) is 0 Å². The molecule has 0 aromatic heterocycles. The van der Waals surface area contributed by atoms with Crippen LogP contribution in [-0.4, -0.2) is 38.1 Å². The SMILES string of the molecule is COC(=O)CCC1C=CN(C)C=C1C(=O)OC. The van der Waals surface area contributed by atoms with Crippen LogP contribution in [0.2, 0.25) is 0 Å². The molecule has 0 amide bonds. The average molecular weight is 239 g/mol. The molecule has 1 aliphatic heterocycles. The highest BCUT2D eigenvalue weighted by molar-refractivity contribution is 5.89. The third-order valence-electron chi connectivity index (χ3n) is 2.60. The van der Waals surface area contributed by atoms with Gasteiger partial charge in [0.15, 0.2) is 0 Å². The van der Waals surface area contributed by atoms with E-state index in [1.54, 1.807) is 11.1 Å². The Bertz CT molecular complexity index is 360. The molecule has 0 fully saturated rings. The first-order valence-corrected chi connectivity index (χ1v) is 5.35. The fraction of sp³-hybridized carbons (Fsp3) is 0.500. The molecule has 0 aromatic rings. The Balaban J connectivity index is 2.69. The Hall–Kier alpha value is -1.78. The zero-order valence-electron chi connectivity index (χ0n) is 10.3. The van der Waals surface area contributed by atoms with Crippen LogP contribution in [0.5, 0.6) is 0 Å². The fourth-order valence-electron chi connectivity index (χ4n) is 1.65. The Morgan fingerprint density at radius 3 is 2.65 bits per heavy atom. The number of esters is 2. The van der Waals surface area contributed by atoms with Crippen molar-refractivity contribution >= 4 is 11.9 Å². The van der Waals surface area contributed by atoms with E-state index in [9.17, 15) is 9.59 Å². The summed E-state index contributed by atoms with van der Waals surface area (Å²) in [4.78, 5) is 24.4. The van der Waals surface area contributed by atoms with Crippen LogP contribution in [0.4, 0.5) is 0 Å². The first-order chi connectivity index (χ1) is 8.08. The number of rotatable bonds is 4. The third kappa shape index (κ3) is 3.62. The maximum Gasteiger partial charge on any atom is 0.335 e. The second-order valence-electron chi connectivity index (χ2n) is 3.80. The molecule has 1 atom stereocenters. The number of allylic oxidation sites excluding steroid dienone is 1. The molecule has 94 valence electrons. The summed E-state index contributed by atoms with van der Waals surface area (Å²) in [6.45, 7) is 0. The van der Waals surface area contributed by atoms with Gasteiger partial charge in [-0.2, -0.15) is 0 Å². The molecule has 0 radical (unpaired) electrons. The van der Waals surface area contributed by atoms with E-state index < -0.39 is 0 Å². The van der Waals surface area contributed by atoms with Crippen LogP contribution in [0.25, 0.3) is 0 Å². The number of carbonyl (C=O) groups is 2. The standard InChI is InChI=1S/C12H17NO4/c1-13-7-6-9(4-5-11(14)16-2)10(8-13)12(15)17-3/h6-9H,4-5H2,1-3H3. The van der Waals surface area contributed by atoms with Gasteiger partial charge in [-0.3, -0.25) is 4.79 Å². The summed E-state index contributed by atoms with van der Waals surface area (Å²) in [5, 5.41) is 0. The van der Waals surface area contributed by atoms with Crippen molar-refractivity contribution in [1.82, 2.24) is 4.90 Å². The molecule has 0 aromatic carbocycles. The van der Waals surface area contributed by atoms with E-state index in [2.05, 4.69) is 4.74 Å². The van der Waals surface area contributed by atoms with Crippen LogP contribution in [-0.2, 0) is 19.1 Å². The fourth-order valence-corrected chi connectivity index (χ4v) is 1.65. The number of ether oxygens (including phenoxy) is 2. The summed E-state index contributed by atoms with van der Waals surface area (Å²) in [6.07, 6.45) is 6.28. The van der Waals surface area contributed by atoms with Crippen molar-refractivity contribution in [3.05, 3.63) is 24.0 Å². The topological polar surface area (TPSA) is 55.8 Å². The van der Waals surface area contributed by atoms with E-state index in [1.165, 1.54) is 14.2 Å². The number of carbonyl (C=O) groups excluding carboxylic acids is 2. The molecule has 0 bridgehead atoms. The van der Waals surface area contributed by atoms with Crippen molar-refractivity contribution in [1.29, 1.82) is 0 Å². The zero-order chi connectivity index (χ0) is 12.8. The highest BCUT2D eigenvalue weighted by Gasteiger charge is 2.23. The summed E-state index contributed by atoms with van der Waals surface area (Å²) in [5.74, 6) is -0.740. The van der Waals surface area contributed by atoms with Crippen molar-refractivity contribution < 1.29 is 19.1 Å². The molecular weight excluding hydrogens is 222 g/mol. The minimum Gasteiger partial charge on any atom is -0.469 e. The van der Waals surface area contributed by atoms with Crippen molar-refractivity contribution in [2.24, 2.45) is 5.92 Å². The summed E-state index contributed by atoms with van der Waals surface area (Å²) >= 11 is 0. The maximum absolute atomic E-state index is 11.6. The van der Waals surface area contributed by atoms with Crippen molar-refractivity contribution in [2.75, 3.05) is 21.3 Å².